The van der Waals surface area contributed by atoms with Crippen molar-refractivity contribution in [1.82, 2.24) is 5.32 Å². The summed E-state index contributed by atoms with van der Waals surface area (Å²) in [5.74, 6) is 1.43. The number of hydrogen-bond acceptors (Lipinski definition) is 2. The lowest BCUT2D eigenvalue weighted by atomic mass is 9.90. The number of ether oxygens (including phenoxy) is 1. The highest BCUT2D eigenvalue weighted by molar-refractivity contribution is 9.10. The molecule has 0 aliphatic carbocycles. The predicted molar refractivity (Wildman–Crippen MR) is 109 cm³/mol. The van der Waals surface area contributed by atoms with E-state index in [1.165, 1.54) is 5.56 Å². The van der Waals surface area contributed by atoms with Crippen molar-refractivity contribution in [2.24, 2.45) is 0 Å². The van der Waals surface area contributed by atoms with Gasteiger partial charge in [0.2, 0.25) is 0 Å². The predicted octanol–water partition coefficient (Wildman–Crippen LogP) is 5.51. The van der Waals surface area contributed by atoms with Crippen LogP contribution < -0.4 is 15.0 Å². The number of nitrogens with zero attached hydrogens (tertiary/aromatic N) is 1. The number of fused-ring (bicyclic) bond motifs is 4. The number of thiocarbonyl (C=S) groups is 1. The molecule has 2 aliphatic rings. The van der Waals surface area contributed by atoms with Crippen LogP contribution in [0.25, 0.3) is 0 Å². The second kappa shape index (κ2) is 5.99. The Bertz CT molecular complexity index is 836. The summed E-state index contributed by atoms with van der Waals surface area (Å²) in [4.78, 5) is 2.11. The highest BCUT2D eigenvalue weighted by atomic mass is 79.9. The number of benzene rings is 2. The lowest BCUT2D eigenvalue weighted by Gasteiger charge is -2.52. The van der Waals surface area contributed by atoms with E-state index in [1.54, 1.807) is 0 Å². The van der Waals surface area contributed by atoms with E-state index in [4.69, 9.17) is 17.0 Å². The van der Waals surface area contributed by atoms with Gasteiger partial charge in [0, 0.05) is 22.1 Å². The first-order valence-electron chi connectivity index (χ1n) is 8.56. The van der Waals surface area contributed by atoms with Crippen molar-refractivity contribution in [3.8, 4) is 5.75 Å². The van der Waals surface area contributed by atoms with Gasteiger partial charge in [-0.15, -0.1) is 0 Å². The first-order valence-corrected chi connectivity index (χ1v) is 9.77. The van der Waals surface area contributed by atoms with E-state index in [0.717, 1.165) is 27.9 Å². The van der Waals surface area contributed by atoms with E-state index in [0.29, 0.717) is 11.0 Å². The van der Waals surface area contributed by atoms with Crippen LogP contribution in [0.3, 0.4) is 0 Å². The molecule has 25 heavy (non-hydrogen) atoms. The summed E-state index contributed by atoms with van der Waals surface area (Å²) < 4.78 is 7.49. The maximum Gasteiger partial charge on any atom is 0.188 e. The van der Waals surface area contributed by atoms with Crippen molar-refractivity contribution in [3.63, 3.8) is 0 Å². The monoisotopic (exact) mass is 416 g/mol. The SMILES string of the molecule is CC(C)c1ccc(N2C(=S)NC3CC2(C)Oc2ccc(Br)cc23)cc1. The normalized spacial score (nSPS) is 24.6. The Kier molecular flexibility index (Phi) is 4.04. The molecule has 1 saturated heterocycles. The minimum absolute atomic E-state index is 0.171. The van der Waals surface area contributed by atoms with Gasteiger partial charge in [-0.05, 0) is 61.0 Å². The molecule has 0 spiro atoms. The molecule has 2 bridgehead atoms. The molecule has 4 rings (SSSR count). The van der Waals surface area contributed by atoms with Gasteiger partial charge in [-0.2, -0.15) is 0 Å². The fraction of sp³-hybridized carbons (Fsp3) is 0.350. The van der Waals surface area contributed by atoms with Gasteiger partial charge < -0.3 is 10.1 Å². The molecule has 2 aromatic carbocycles. The van der Waals surface area contributed by atoms with Crippen molar-refractivity contribution < 1.29 is 4.74 Å². The van der Waals surface area contributed by atoms with E-state index < -0.39 is 5.72 Å². The molecule has 2 aliphatic heterocycles. The van der Waals surface area contributed by atoms with Gasteiger partial charge >= 0.3 is 0 Å². The molecule has 3 nitrogen and oxygen atoms in total. The van der Waals surface area contributed by atoms with Crippen molar-refractivity contribution >= 4 is 38.9 Å². The number of anilines is 1. The van der Waals surface area contributed by atoms with E-state index in [9.17, 15) is 0 Å². The Labute approximate surface area is 162 Å². The maximum absolute atomic E-state index is 6.44. The highest BCUT2D eigenvalue weighted by Gasteiger charge is 2.48. The van der Waals surface area contributed by atoms with Crippen LogP contribution in [0, 0.1) is 0 Å². The van der Waals surface area contributed by atoms with Gasteiger partial charge in [-0.1, -0.05) is 41.9 Å². The van der Waals surface area contributed by atoms with Gasteiger partial charge in [-0.3, -0.25) is 4.90 Å². The molecule has 2 unspecified atom stereocenters. The van der Waals surface area contributed by atoms with Crippen LogP contribution in [0.15, 0.2) is 46.9 Å². The molecular formula is C20H21BrN2OS. The van der Waals surface area contributed by atoms with Crippen LogP contribution in [0.4, 0.5) is 5.69 Å². The van der Waals surface area contributed by atoms with Crippen molar-refractivity contribution in [1.29, 1.82) is 0 Å². The molecule has 2 aromatic rings. The van der Waals surface area contributed by atoms with Crippen LogP contribution in [-0.2, 0) is 0 Å². The molecule has 0 saturated carbocycles. The second-order valence-corrected chi connectivity index (χ2v) is 8.55. The number of rotatable bonds is 2. The summed E-state index contributed by atoms with van der Waals surface area (Å²) in [6.07, 6.45) is 0.836. The standard InChI is InChI=1S/C20H21BrN2OS/c1-12(2)13-4-7-15(8-5-13)23-19(25)22-17-11-20(23,3)24-18-9-6-14(21)10-16(17)18/h4-10,12,17H,11H2,1-3H3,(H,22,25). The quantitative estimate of drug-likeness (QED) is 0.652. The second-order valence-electron chi connectivity index (χ2n) is 7.25. The maximum atomic E-state index is 6.44. The zero-order valence-corrected chi connectivity index (χ0v) is 16.9. The molecule has 5 heteroatoms. The van der Waals surface area contributed by atoms with Crippen LogP contribution in [0.2, 0.25) is 0 Å². The summed E-state index contributed by atoms with van der Waals surface area (Å²) in [5.41, 5.74) is 3.04. The Hall–Kier alpha value is -1.59. The molecule has 1 fully saturated rings. The Morgan fingerprint density at radius 2 is 1.96 bits per heavy atom. The van der Waals surface area contributed by atoms with Crippen LogP contribution >= 0.6 is 28.1 Å². The molecule has 0 radical (unpaired) electrons. The fourth-order valence-electron chi connectivity index (χ4n) is 3.74. The van der Waals surface area contributed by atoms with E-state index in [-0.39, 0.29) is 6.04 Å². The average molecular weight is 417 g/mol. The van der Waals surface area contributed by atoms with Crippen LogP contribution in [0.5, 0.6) is 5.75 Å². The van der Waals surface area contributed by atoms with E-state index in [2.05, 4.69) is 77.2 Å². The minimum atomic E-state index is -0.493. The summed E-state index contributed by atoms with van der Waals surface area (Å²) >= 11 is 9.25. The smallest absolute Gasteiger partial charge is 0.188 e. The van der Waals surface area contributed by atoms with Crippen molar-refractivity contribution in [2.45, 2.75) is 44.9 Å². The largest absolute Gasteiger partial charge is 0.467 e. The van der Waals surface area contributed by atoms with Gasteiger partial charge in [0.25, 0.3) is 0 Å². The molecule has 1 N–H and O–H groups in total. The third-order valence-electron chi connectivity index (χ3n) is 5.05. The summed E-state index contributed by atoms with van der Waals surface area (Å²) in [7, 11) is 0. The topological polar surface area (TPSA) is 24.5 Å². The first kappa shape index (κ1) is 16.9. The Morgan fingerprint density at radius 3 is 2.64 bits per heavy atom. The summed E-state index contributed by atoms with van der Waals surface area (Å²) in [6, 6.07) is 14.9. The van der Waals surface area contributed by atoms with Gasteiger partial charge in [0.05, 0.1) is 6.04 Å². The number of nitrogens with one attached hydrogen (secondary N) is 1. The summed E-state index contributed by atoms with van der Waals surface area (Å²) in [6.45, 7) is 6.52. The van der Waals surface area contributed by atoms with Crippen molar-refractivity contribution in [2.75, 3.05) is 4.90 Å². The Balaban J connectivity index is 1.73. The molecule has 0 aromatic heterocycles. The Morgan fingerprint density at radius 1 is 1.24 bits per heavy atom. The van der Waals surface area contributed by atoms with E-state index in [1.807, 2.05) is 12.1 Å². The van der Waals surface area contributed by atoms with Crippen LogP contribution in [0.1, 0.15) is 50.3 Å². The molecule has 2 heterocycles. The molecule has 130 valence electrons. The summed E-state index contributed by atoms with van der Waals surface area (Å²) in [5, 5.41) is 4.21. The van der Waals surface area contributed by atoms with Crippen LogP contribution in [-0.4, -0.2) is 10.8 Å². The number of hydrogen-bond donors (Lipinski definition) is 1. The van der Waals surface area contributed by atoms with Gasteiger partial charge in [-0.25, -0.2) is 0 Å². The lowest BCUT2D eigenvalue weighted by Crippen LogP contribution is -2.65. The van der Waals surface area contributed by atoms with Gasteiger partial charge in [0.15, 0.2) is 10.8 Å². The lowest BCUT2D eigenvalue weighted by molar-refractivity contribution is 0.0497. The first-order chi connectivity index (χ1) is 11.9. The average Bonchev–Trinajstić information content (AvgIpc) is 2.55. The molecular weight excluding hydrogens is 396 g/mol. The highest BCUT2D eigenvalue weighted by Crippen LogP contribution is 2.46. The molecule has 0 amide bonds. The van der Waals surface area contributed by atoms with Gasteiger partial charge in [0.1, 0.15) is 5.75 Å². The third kappa shape index (κ3) is 2.83. The minimum Gasteiger partial charge on any atom is -0.467 e. The number of halogens is 1. The van der Waals surface area contributed by atoms with Crippen molar-refractivity contribution in [3.05, 3.63) is 58.1 Å². The van der Waals surface area contributed by atoms with E-state index >= 15 is 0 Å². The zero-order valence-electron chi connectivity index (χ0n) is 14.5. The molecule has 2 atom stereocenters. The third-order valence-corrected chi connectivity index (χ3v) is 5.85. The fourth-order valence-corrected chi connectivity index (χ4v) is 4.56. The zero-order chi connectivity index (χ0) is 17.8.